The van der Waals surface area contributed by atoms with Crippen LogP contribution in [-0.4, -0.2) is 37.6 Å². The molecule has 1 aliphatic heterocycles. The Hall–Kier alpha value is 0.580. The molecule has 2 aliphatic carbocycles. The lowest BCUT2D eigenvalue weighted by molar-refractivity contribution is -0.190. The highest BCUT2D eigenvalue weighted by molar-refractivity contribution is 6.66. The summed E-state index contributed by atoms with van der Waals surface area (Å²) >= 11 is 38.3. The Morgan fingerprint density at radius 1 is 0.920 bits per heavy atom. The third-order valence-electron chi connectivity index (χ3n) is 5.09. The lowest BCUT2D eigenvalue weighted by Crippen LogP contribution is -2.50. The van der Waals surface area contributed by atoms with Gasteiger partial charge in [-0.3, -0.25) is 14.4 Å². The number of halogens is 6. The summed E-state index contributed by atoms with van der Waals surface area (Å²) in [5, 5.41) is 0.490. The summed E-state index contributed by atoms with van der Waals surface area (Å²) in [6.07, 6.45) is 3.75. The van der Waals surface area contributed by atoms with Crippen LogP contribution in [-0.2, 0) is 14.4 Å². The summed E-state index contributed by atoms with van der Waals surface area (Å²) in [6.45, 7) is 2.31. The zero-order valence-corrected chi connectivity index (χ0v) is 17.7. The number of unbranched alkanes of at least 4 members (excludes halogenated alkanes) is 3. The monoisotopic (exact) mass is 467 g/mol. The number of hydrogen-bond acceptors (Lipinski definition) is 3. The second-order valence-electron chi connectivity index (χ2n) is 6.45. The zero-order chi connectivity index (χ0) is 18.8. The molecule has 1 saturated carbocycles. The molecule has 2 fully saturated rings. The van der Waals surface area contributed by atoms with Crippen molar-refractivity contribution < 1.29 is 14.4 Å². The van der Waals surface area contributed by atoms with Gasteiger partial charge < -0.3 is 0 Å². The number of rotatable bonds is 6. The molecule has 3 rings (SSSR count). The minimum atomic E-state index is -1.91. The van der Waals surface area contributed by atoms with E-state index in [-0.39, 0.29) is 16.7 Å². The average Bonchev–Trinajstić information content (AvgIpc) is 2.93. The molecule has 140 valence electrons. The number of hydrogen-bond donors (Lipinski definition) is 0. The van der Waals surface area contributed by atoms with Gasteiger partial charge in [0.1, 0.15) is 9.75 Å². The van der Waals surface area contributed by atoms with Crippen LogP contribution < -0.4 is 0 Å². The van der Waals surface area contributed by atoms with Gasteiger partial charge in [0.05, 0.1) is 28.5 Å². The van der Waals surface area contributed by atoms with Crippen molar-refractivity contribution in [2.45, 2.75) is 46.7 Å². The van der Waals surface area contributed by atoms with Crippen molar-refractivity contribution in [1.29, 1.82) is 0 Å². The van der Waals surface area contributed by atoms with Gasteiger partial charge in [-0.25, -0.2) is 0 Å². The van der Waals surface area contributed by atoms with Crippen molar-refractivity contribution in [1.82, 2.24) is 5.06 Å². The van der Waals surface area contributed by atoms with Gasteiger partial charge in [0.2, 0.25) is 0 Å². The summed E-state index contributed by atoms with van der Waals surface area (Å²) in [5.41, 5.74) is 0. The molecule has 0 unspecified atom stereocenters. The Bertz CT molecular complexity index is 622. The van der Waals surface area contributed by atoms with Crippen LogP contribution in [0.3, 0.4) is 0 Å². The molecule has 0 aromatic carbocycles. The van der Waals surface area contributed by atoms with Crippen LogP contribution in [0.4, 0.5) is 0 Å². The number of hydroxylamine groups is 2. The van der Waals surface area contributed by atoms with Gasteiger partial charge in [0, 0.05) is 0 Å². The fraction of sp³-hybridized carbons (Fsp3) is 0.733. The molecule has 0 N–H and O–H groups in total. The van der Waals surface area contributed by atoms with Crippen molar-refractivity contribution in [3.63, 3.8) is 0 Å². The Morgan fingerprint density at radius 3 is 1.84 bits per heavy atom. The van der Waals surface area contributed by atoms with Crippen LogP contribution in [0.15, 0.2) is 10.1 Å². The molecule has 0 spiro atoms. The molecule has 4 atom stereocenters. The number of amides is 2. The first-order valence-corrected chi connectivity index (χ1v) is 10.2. The SMILES string of the molecule is CCCCCCON1C(=O)[C@H]2[C@H](C1=O)[C@]1(Cl)C(Cl)=C(Cl)[C@]2(Cl)C1(Cl)Cl. The molecule has 2 amide bonds. The van der Waals surface area contributed by atoms with Crippen LogP contribution >= 0.6 is 69.6 Å². The molecule has 10 heteroatoms. The van der Waals surface area contributed by atoms with Crippen molar-refractivity contribution in [2.24, 2.45) is 11.8 Å². The van der Waals surface area contributed by atoms with Crippen LogP contribution in [0.25, 0.3) is 0 Å². The first-order valence-electron chi connectivity index (χ1n) is 7.91. The number of fused-ring (bicyclic) bond motifs is 5. The Labute approximate surface area is 175 Å². The molecule has 1 saturated heterocycles. The van der Waals surface area contributed by atoms with E-state index >= 15 is 0 Å². The van der Waals surface area contributed by atoms with E-state index in [0.29, 0.717) is 11.5 Å². The molecule has 1 heterocycles. The van der Waals surface area contributed by atoms with E-state index in [1.165, 1.54) is 0 Å². The maximum atomic E-state index is 12.8. The van der Waals surface area contributed by atoms with E-state index in [1.807, 2.05) is 0 Å². The Balaban J connectivity index is 1.88. The molecule has 0 aromatic rings. The average molecular weight is 470 g/mol. The number of nitrogens with zero attached hydrogens (tertiary/aromatic N) is 1. The quantitative estimate of drug-likeness (QED) is 0.314. The fourth-order valence-corrected chi connectivity index (χ4v) is 6.71. The lowest BCUT2D eigenvalue weighted by Gasteiger charge is -2.34. The van der Waals surface area contributed by atoms with E-state index in [4.69, 9.17) is 74.4 Å². The number of alkyl halides is 4. The number of allylic oxidation sites excluding steroid dienone is 2. The molecule has 4 nitrogen and oxygen atoms in total. The molecule has 2 bridgehead atoms. The van der Waals surface area contributed by atoms with E-state index in [0.717, 1.165) is 19.3 Å². The summed E-state index contributed by atoms with van der Waals surface area (Å²) in [7, 11) is 0. The van der Waals surface area contributed by atoms with E-state index in [2.05, 4.69) is 6.92 Å². The van der Waals surface area contributed by atoms with Gasteiger partial charge in [0.25, 0.3) is 11.8 Å². The van der Waals surface area contributed by atoms with Crippen LogP contribution in [0.5, 0.6) is 0 Å². The van der Waals surface area contributed by atoms with Crippen molar-refractivity contribution in [3.05, 3.63) is 10.1 Å². The van der Waals surface area contributed by atoms with Gasteiger partial charge in [-0.1, -0.05) is 72.6 Å². The fourth-order valence-electron chi connectivity index (χ4n) is 3.78. The van der Waals surface area contributed by atoms with Crippen molar-refractivity contribution >= 4 is 81.4 Å². The van der Waals surface area contributed by atoms with Gasteiger partial charge in [-0.2, -0.15) is 5.06 Å². The minimum absolute atomic E-state index is 0.108. The Kier molecular flexibility index (Phi) is 5.35. The normalized spacial score (nSPS) is 38.9. The van der Waals surface area contributed by atoms with Gasteiger partial charge in [0.15, 0.2) is 4.33 Å². The van der Waals surface area contributed by atoms with E-state index in [9.17, 15) is 9.59 Å². The summed E-state index contributed by atoms with van der Waals surface area (Å²) < 4.78 is -1.91. The minimum Gasteiger partial charge on any atom is -0.272 e. The molecular formula is C15H15Cl6NO3. The van der Waals surface area contributed by atoms with Gasteiger partial charge in [-0.15, -0.1) is 23.2 Å². The van der Waals surface area contributed by atoms with Crippen LogP contribution in [0.2, 0.25) is 0 Å². The molecule has 0 aromatic heterocycles. The third kappa shape index (κ3) is 2.31. The second-order valence-corrected chi connectivity index (χ2v) is 9.72. The first kappa shape index (κ1) is 20.3. The summed E-state index contributed by atoms with van der Waals surface area (Å²) in [6, 6.07) is 0. The largest absolute Gasteiger partial charge is 0.272 e. The second kappa shape index (κ2) is 6.58. The summed E-state index contributed by atoms with van der Waals surface area (Å²) in [4.78, 5) is 27.4. The third-order valence-corrected chi connectivity index (χ3v) is 9.35. The van der Waals surface area contributed by atoms with E-state index < -0.39 is 37.7 Å². The maximum absolute atomic E-state index is 12.8. The molecular weight excluding hydrogens is 455 g/mol. The zero-order valence-electron chi connectivity index (χ0n) is 13.1. The smallest absolute Gasteiger partial charge is 0.259 e. The standard InChI is InChI=1S/C15H15Cl6NO3/c1-2-3-4-5-6-25-22-11(23)7-8(12(22)24)14(19)10(17)9(16)13(7,18)15(14,20)21/h7-8H,2-6H2,1H3/t7-,8-,13+,14+/m1/s1. The maximum Gasteiger partial charge on any atom is 0.259 e. The number of carbonyl (C=O) groups is 2. The van der Waals surface area contributed by atoms with Gasteiger partial charge in [-0.05, 0) is 6.42 Å². The topological polar surface area (TPSA) is 46.6 Å². The lowest BCUT2D eigenvalue weighted by atomic mass is 9.84. The molecule has 0 radical (unpaired) electrons. The predicted molar refractivity (Wildman–Crippen MR) is 99.3 cm³/mol. The van der Waals surface area contributed by atoms with E-state index in [1.54, 1.807) is 0 Å². The highest BCUT2D eigenvalue weighted by Gasteiger charge is 2.87. The van der Waals surface area contributed by atoms with Crippen LogP contribution in [0, 0.1) is 11.8 Å². The molecule has 3 aliphatic rings. The summed E-state index contributed by atoms with van der Waals surface area (Å²) in [5.74, 6) is -3.59. The number of carbonyl (C=O) groups excluding carboxylic acids is 2. The van der Waals surface area contributed by atoms with Crippen molar-refractivity contribution in [3.8, 4) is 0 Å². The van der Waals surface area contributed by atoms with Crippen molar-refractivity contribution in [2.75, 3.05) is 6.61 Å². The van der Waals surface area contributed by atoms with Gasteiger partial charge >= 0.3 is 0 Å². The first-order chi connectivity index (χ1) is 11.6. The highest BCUT2D eigenvalue weighted by atomic mass is 35.5. The van der Waals surface area contributed by atoms with Crippen LogP contribution in [0.1, 0.15) is 32.6 Å². The molecule has 25 heavy (non-hydrogen) atoms. The number of imide groups is 1. The Morgan fingerprint density at radius 2 is 1.40 bits per heavy atom. The predicted octanol–water partition coefficient (Wildman–Crippen LogP) is 4.95. The highest BCUT2D eigenvalue weighted by Crippen LogP contribution is 2.77.